The number of anilines is 2. The first-order valence-corrected chi connectivity index (χ1v) is 9.31. The summed E-state index contributed by atoms with van der Waals surface area (Å²) in [6.45, 7) is 5.16. The van der Waals surface area contributed by atoms with Gasteiger partial charge in [0.25, 0.3) is 5.56 Å². The van der Waals surface area contributed by atoms with E-state index in [1.807, 2.05) is 30.9 Å². The zero-order valence-electron chi connectivity index (χ0n) is 14.3. The average Bonchev–Trinajstić information content (AvgIpc) is 3.38. The molecule has 0 saturated heterocycles. The standard InChI is InChI=1S/C18H20Cl2N4O/c1-3-16-11(2)21-18-23(15-7-12(19)6-13(20)8-15)9-22(14-4-5-14)10-24(18)17(16)25/h6-8,14H,3-5,9-10H2,1-2H3. The van der Waals surface area contributed by atoms with Gasteiger partial charge in [0.2, 0.25) is 5.95 Å². The summed E-state index contributed by atoms with van der Waals surface area (Å²) in [5.74, 6) is 0.662. The van der Waals surface area contributed by atoms with Gasteiger partial charge in [-0.1, -0.05) is 30.1 Å². The first kappa shape index (κ1) is 16.9. The molecule has 1 aromatic heterocycles. The van der Waals surface area contributed by atoms with Gasteiger partial charge >= 0.3 is 0 Å². The van der Waals surface area contributed by atoms with Gasteiger partial charge in [-0.3, -0.25) is 19.2 Å². The summed E-state index contributed by atoms with van der Waals surface area (Å²) >= 11 is 12.4. The van der Waals surface area contributed by atoms with Gasteiger partial charge in [-0.15, -0.1) is 0 Å². The molecule has 5 nitrogen and oxygen atoms in total. The lowest BCUT2D eigenvalue weighted by atomic mass is 10.2. The van der Waals surface area contributed by atoms with Crippen molar-refractivity contribution in [3.8, 4) is 0 Å². The third-order valence-electron chi connectivity index (χ3n) is 4.91. The first-order chi connectivity index (χ1) is 12.0. The third kappa shape index (κ3) is 3.05. The molecule has 1 aromatic carbocycles. The Bertz CT molecular complexity index is 871. The second-order valence-corrected chi connectivity index (χ2v) is 7.59. The van der Waals surface area contributed by atoms with E-state index >= 15 is 0 Å². The number of benzene rings is 1. The third-order valence-corrected chi connectivity index (χ3v) is 5.35. The molecule has 0 atom stereocenters. The van der Waals surface area contributed by atoms with Crippen molar-refractivity contribution in [3.05, 3.63) is 49.9 Å². The summed E-state index contributed by atoms with van der Waals surface area (Å²) < 4.78 is 1.78. The molecular formula is C18H20Cl2N4O. The minimum atomic E-state index is 0.0495. The highest BCUT2D eigenvalue weighted by Crippen LogP contribution is 2.36. The van der Waals surface area contributed by atoms with Gasteiger partial charge < -0.3 is 0 Å². The number of halogens is 2. The molecule has 2 aromatic rings. The van der Waals surface area contributed by atoms with Crippen LogP contribution in [0.5, 0.6) is 0 Å². The average molecular weight is 379 g/mol. The highest BCUT2D eigenvalue weighted by Gasteiger charge is 2.36. The van der Waals surface area contributed by atoms with Crippen LogP contribution >= 0.6 is 23.2 Å². The molecule has 0 unspecified atom stereocenters. The van der Waals surface area contributed by atoms with Crippen LogP contribution in [0.2, 0.25) is 10.0 Å². The maximum atomic E-state index is 13.0. The molecule has 1 aliphatic heterocycles. The van der Waals surface area contributed by atoms with Gasteiger partial charge in [0.05, 0.1) is 13.3 Å². The molecule has 0 bridgehead atoms. The largest absolute Gasteiger partial charge is 0.298 e. The Kier molecular flexibility index (Phi) is 4.26. The Balaban J connectivity index is 1.89. The summed E-state index contributed by atoms with van der Waals surface area (Å²) in [5.41, 5.74) is 2.47. The molecule has 2 heterocycles. The zero-order valence-corrected chi connectivity index (χ0v) is 15.8. The van der Waals surface area contributed by atoms with Crippen LogP contribution in [0.15, 0.2) is 23.0 Å². The molecule has 0 spiro atoms. The molecule has 0 N–H and O–H groups in total. The smallest absolute Gasteiger partial charge is 0.259 e. The van der Waals surface area contributed by atoms with Crippen LogP contribution in [0, 0.1) is 6.92 Å². The molecule has 1 aliphatic carbocycles. The Morgan fingerprint density at radius 3 is 2.44 bits per heavy atom. The van der Waals surface area contributed by atoms with Crippen LogP contribution in [0.4, 0.5) is 11.6 Å². The normalized spacial score (nSPS) is 17.7. The molecular weight excluding hydrogens is 359 g/mol. The maximum Gasteiger partial charge on any atom is 0.259 e. The lowest BCUT2D eigenvalue weighted by Crippen LogP contribution is -2.48. The van der Waals surface area contributed by atoms with Crippen molar-refractivity contribution in [1.82, 2.24) is 14.5 Å². The summed E-state index contributed by atoms with van der Waals surface area (Å²) in [5, 5.41) is 1.14. The van der Waals surface area contributed by atoms with E-state index in [0.29, 0.717) is 41.8 Å². The van der Waals surface area contributed by atoms with E-state index in [1.54, 1.807) is 10.6 Å². The fraction of sp³-hybridized carbons (Fsp3) is 0.444. The molecule has 7 heteroatoms. The van der Waals surface area contributed by atoms with Crippen molar-refractivity contribution in [3.63, 3.8) is 0 Å². The summed E-state index contributed by atoms with van der Waals surface area (Å²) in [4.78, 5) is 22.1. The molecule has 1 fully saturated rings. The van der Waals surface area contributed by atoms with Crippen LogP contribution in [-0.4, -0.2) is 27.2 Å². The van der Waals surface area contributed by atoms with Crippen LogP contribution in [0.25, 0.3) is 0 Å². The second-order valence-electron chi connectivity index (χ2n) is 6.72. The molecule has 1 saturated carbocycles. The van der Waals surface area contributed by atoms with Gasteiger partial charge in [-0.2, -0.15) is 0 Å². The predicted molar refractivity (Wildman–Crippen MR) is 101 cm³/mol. The molecule has 25 heavy (non-hydrogen) atoms. The Hall–Kier alpha value is -1.56. The SMILES string of the molecule is CCc1c(C)nc2n(c1=O)CN(C1CC1)CN2c1cc(Cl)cc(Cl)c1. The van der Waals surface area contributed by atoms with E-state index in [0.717, 1.165) is 16.9 Å². The fourth-order valence-corrected chi connectivity index (χ4v) is 3.98. The minimum Gasteiger partial charge on any atom is -0.298 e. The molecule has 0 radical (unpaired) electrons. The van der Waals surface area contributed by atoms with Gasteiger partial charge in [-0.25, -0.2) is 4.98 Å². The van der Waals surface area contributed by atoms with Crippen LogP contribution in [0.1, 0.15) is 31.0 Å². The van der Waals surface area contributed by atoms with Gasteiger partial charge in [0, 0.05) is 33.0 Å². The van der Waals surface area contributed by atoms with Crippen LogP contribution in [0.3, 0.4) is 0 Å². The minimum absolute atomic E-state index is 0.0495. The van der Waals surface area contributed by atoms with E-state index in [2.05, 4.69) is 4.90 Å². The first-order valence-electron chi connectivity index (χ1n) is 8.56. The van der Waals surface area contributed by atoms with Crippen molar-refractivity contribution in [2.45, 2.75) is 45.8 Å². The van der Waals surface area contributed by atoms with E-state index in [-0.39, 0.29) is 5.56 Å². The quantitative estimate of drug-likeness (QED) is 0.810. The second kappa shape index (κ2) is 6.31. The topological polar surface area (TPSA) is 41.4 Å². The number of aryl methyl sites for hydroxylation is 1. The van der Waals surface area contributed by atoms with Gasteiger partial charge in [-0.05, 0) is 44.4 Å². The highest BCUT2D eigenvalue weighted by molar-refractivity contribution is 6.35. The lowest BCUT2D eigenvalue weighted by molar-refractivity contribution is 0.188. The van der Waals surface area contributed by atoms with E-state index in [1.165, 1.54) is 12.8 Å². The molecule has 2 aliphatic rings. The number of rotatable bonds is 3. The van der Waals surface area contributed by atoms with E-state index in [4.69, 9.17) is 28.2 Å². The number of hydrogen-bond donors (Lipinski definition) is 0. The fourth-order valence-electron chi connectivity index (χ4n) is 3.46. The van der Waals surface area contributed by atoms with Crippen LogP contribution < -0.4 is 10.5 Å². The number of aromatic nitrogens is 2. The van der Waals surface area contributed by atoms with Crippen molar-refractivity contribution in [2.24, 2.45) is 0 Å². The Morgan fingerprint density at radius 1 is 1.16 bits per heavy atom. The zero-order chi connectivity index (χ0) is 17.7. The predicted octanol–water partition coefficient (Wildman–Crippen LogP) is 3.95. The Labute approximate surface area is 156 Å². The Morgan fingerprint density at radius 2 is 1.84 bits per heavy atom. The number of hydrogen-bond acceptors (Lipinski definition) is 4. The maximum absolute atomic E-state index is 13.0. The van der Waals surface area contributed by atoms with Crippen molar-refractivity contribution >= 4 is 34.8 Å². The van der Waals surface area contributed by atoms with E-state index in [9.17, 15) is 4.79 Å². The van der Waals surface area contributed by atoms with Crippen LogP contribution in [-0.2, 0) is 13.1 Å². The van der Waals surface area contributed by atoms with Gasteiger partial charge in [0.15, 0.2) is 0 Å². The molecule has 4 rings (SSSR count). The van der Waals surface area contributed by atoms with Crippen molar-refractivity contribution < 1.29 is 0 Å². The number of fused-ring (bicyclic) bond motifs is 1. The highest BCUT2D eigenvalue weighted by atomic mass is 35.5. The van der Waals surface area contributed by atoms with Gasteiger partial charge in [0.1, 0.15) is 0 Å². The summed E-state index contributed by atoms with van der Waals surface area (Å²) in [7, 11) is 0. The monoisotopic (exact) mass is 378 g/mol. The summed E-state index contributed by atoms with van der Waals surface area (Å²) in [6, 6.07) is 5.97. The number of nitrogens with zero attached hydrogens (tertiary/aromatic N) is 4. The molecule has 0 amide bonds. The van der Waals surface area contributed by atoms with E-state index < -0.39 is 0 Å². The summed E-state index contributed by atoms with van der Waals surface area (Å²) in [6.07, 6.45) is 3.03. The van der Waals surface area contributed by atoms with Crippen molar-refractivity contribution in [1.29, 1.82) is 0 Å². The van der Waals surface area contributed by atoms with Crippen molar-refractivity contribution in [2.75, 3.05) is 11.6 Å². The molecule has 132 valence electrons. The lowest BCUT2D eigenvalue weighted by Gasteiger charge is -2.38.